The van der Waals surface area contributed by atoms with Gasteiger partial charge in [-0.25, -0.2) is 31.8 Å². The third-order valence-electron chi connectivity index (χ3n) is 12.4. The van der Waals surface area contributed by atoms with Crippen LogP contribution in [0.15, 0.2) is 41.3 Å². The summed E-state index contributed by atoms with van der Waals surface area (Å²) in [6.07, 6.45) is 0.0633. The maximum Gasteiger partial charge on any atom is 0.407 e. The molecule has 3 saturated heterocycles. The molecule has 1 atom stereocenters. The summed E-state index contributed by atoms with van der Waals surface area (Å²) < 4.78 is 72.6. The summed E-state index contributed by atoms with van der Waals surface area (Å²) in [6.45, 7) is 15.1. The summed E-state index contributed by atoms with van der Waals surface area (Å²) >= 11 is 6.35. The molecule has 1 aromatic heterocycles. The lowest BCUT2D eigenvalue weighted by molar-refractivity contribution is -0.912. The number of sulfonamides is 1. The number of amides is 4. The minimum atomic E-state index is -3.93. The molecule has 2 aromatic rings. The number of pyridine rings is 1. The number of rotatable bonds is 11. The Hall–Kier alpha value is -4.33. The molecule has 0 radical (unpaired) electrons. The Bertz CT molecular complexity index is 2130. The van der Waals surface area contributed by atoms with Gasteiger partial charge >= 0.3 is 12.2 Å². The third-order valence-corrected chi connectivity index (χ3v) is 14.5. The van der Waals surface area contributed by atoms with E-state index in [-0.39, 0.29) is 91.1 Å². The first kappa shape index (κ1) is 49.1. The fourth-order valence-corrected chi connectivity index (χ4v) is 10.4. The lowest BCUT2D eigenvalue weighted by Crippen LogP contribution is -2.60. The SMILES string of the molecule is CC(C)(C)OC(=O)NCC[N+]1(C)CCN(C(=O)[C@H]2CC[C@H](C(F)(F)c3cc(Cl)nc(N4CCN(S(=O)(=O)c5ccc(N6C[C@H](NC(=O)OC(C)(C)C)CC6=O)cc5)CC4)c3)CC2)CC1. The van der Waals surface area contributed by atoms with Crippen LogP contribution in [0.4, 0.5) is 29.9 Å². The Balaban J connectivity index is 0.978. The van der Waals surface area contributed by atoms with Crippen LogP contribution in [0.3, 0.4) is 0 Å². The number of benzene rings is 1. The summed E-state index contributed by atoms with van der Waals surface area (Å²) in [5, 5.41) is 5.43. The van der Waals surface area contributed by atoms with Crippen LogP contribution in [0.5, 0.6) is 0 Å². The molecule has 3 aliphatic heterocycles. The average molecular weight is 939 g/mol. The number of quaternary nitrogens is 1. The van der Waals surface area contributed by atoms with Crippen molar-refractivity contribution < 1.29 is 50.3 Å². The molecule has 1 saturated carbocycles. The highest BCUT2D eigenvalue weighted by Crippen LogP contribution is 2.46. The van der Waals surface area contributed by atoms with E-state index < -0.39 is 51.3 Å². The number of carbonyl (C=O) groups is 4. The molecule has 0 bridgehead atoms. The maximum absolute atomic E-state index is 16.3. The number of alkyl halides is 2. The molecule has 0 unspecified atom stereocenters. The van der Waals surface area contributed by atoms with Gasteiger partial charge < -0.3 is 39.3 Å². The number of aromatic nitrogens is 1. The summed E-state index contributed by atoms with van der Waals surface area (Å²) in [7, 11) is -1.84. The van der Waals surface area contributed by atoms with Gasteiger partial charge in [-0.05, 0) is 104 Å². The zero-order valence-corrected chi connectivity index (χ0v) is 39.6. The topological polar surface area (TPSA) is 171 Å². The van der Waals surface area contributed by atoms with Gasteiger partial charge in [0.05, 0.1) is 57.3 Å². The van der Waals surface area contributed by atoms with Crippen molar-refractivity contribution in [2.75, 3.05) is 88.8 Å². The summed E-state index contributed by atoms with van der Waals surface area (Å²) in [4.78, 5) is 60.1. The van der Waals surface area contributed by atoms with Crippen LogP contribution in [0.2, 0.25) is 5.15 Å². The van der Waals surface area contributed by atoms with Crippen LogP contribution < -0.4 is 20.4 Å². The standard InChI is InChI=1S/C44H63ClF2N8O8S/c1-42(2,3)62-40(58)48-16-23-55(7)24-21-52(22-25-55)39(57)30-8-10-31(11-9-30)44(46,47)32-26-36(45)50-37(27-32)51-17-19-53(20-18-51)64(60,61)35-14-12-34(13-15-35)54-29-33(28-38(54)56)49-41(59)63-43(4,5)6/h12-15,26-27,30-31,33H,8-11,16-25,28-29H2,1-7H3,(H-,48,49,58,59)/p+1/t30-,31-,33-/m1/s1. The fraction of sp³-hybridized carbons (Fsp3) is 0.659. The van der Waals surface area contributed by atoms with Crippen molar-refractivity contribution in [3.05, 3.63) is 47.1 Å². The van der Waals surface area contributed by atoms with Crippen molar-refractivity contribution in [2.45, 2.75) is 102 Å². The van der Waals surface area contributed by atoms with Gasteiger partial charge in [0.15, 0.2) is 0 Å². The van der Waals surface area contributed by atoms with Crippen molar-refractivity contribution in [2.24, 2.45) is 11.8 Å². The number of alkyl carbamates (subject to hydrolysis) is 2. The van der Waals surface area contributed by atoms with Crippen LogP contribution in [0.1, 0.15) is 79.2 Å². The number of anilines is 2. The van der Waals surface area contributed by atoms with E-state index in [0.29, 0.717) is 49.2 Å². The molecule has 4 aliphatic rings. The molecule has 64 heavy (non-hydrogen) atoms. The van der Waals surface area contributed by atoms with E-state index in [0.717, 1.165) is 13.1 Å². The smallest absolute Gasteiger partial charge is 0.407 e. The summed E-state index contributed by atoms with van der Waals surface area (Å²) in [5.74, 6) is -4.53. The number of nitrogens with one attached hydrogen (secondary N) is 2. The normalized spacial score (nSPS) is 22.6. The number of ether oxygens (including phenoxy) is 2. The Kier molecular flexibility index (Phi) is 14.8. The first-order valence-electron chi connectivity index (χ1n) is 22.1. The van der Waals surface area contributed by atoms with E-state index in [1.54, 1.807) is 37.8 Å². The van der Waals surface area contributed by atoms with Crippen LogP contribution in [-0.2, 0) is 35.0 Å². The van der Waals surface area contributed by atoms with E-state index in [1.807, 2.05) is 25.7 Å². The van der Waals surface area contributed by atoms with Gasteiger partial charge in [-0.3, -0.25) is 9.59 Å². The van der Waals surface area contributed by atoms with Gasteiger partial charge in [0.1, 0.15) is 22.2 Å². The molecule has 4 heterocycles. The first-order valence-corrected chi connectivity index (χ1v) is 23.9. The molecule has 354 valence electrons. The van der Waals surface area contributed by atoms with Crippen LogP contribution in [-0.4, -0.2) is 147 Å². The van der Waals surface area contributed by atoms with Crippen LogP contribution >= 0.6 is 11.6 Å². The Labute approximate surface area is 380 Å². The molecule has 6 rings (SSSR count). The number of carbonyl (C=O) groups excluding carboxylic acids is 4. The van der Waals surface area contributed by atoms with Crippen molar-refractivity contribution in [3.63, 3.8) is 0 Å². The number of hydrogen-bond donors (Lipinski definition) is 2. The second kappa shape index (κ2) is 19.3. The average Bonchev–Trinajstić information content (AvgIpc) is 3.58. The number of hydrogen-bond acceptors (Lipinski definition) is 10. The van der Waals surface area contributed by atoms with Gasteiger partial charge in [0, 0.05) is 62.2 Å². The lowest BCUT2D eigenvalue weighted by Gasteiger charge is -2.43. The molecule has 0 spiro atoms. The molecule has 4 fully saturated rings. The largest absolute Gasteiger partial charge is 0.444 e. The molecule has 1 aliphatic carbocycles. The van der Waals surface area contributed by atoms with Crippen molar-refractivity contribution in [1.29, 1.82) is 0 Å². The molecular weight excluding hydrogens is 874 g/mol. The first-order chi connectivity index (χ1) is 29.8. The van der Waals surface area contributed by atoms with Gasteiger partial charge in [-0.2, -0.15) is 4.31 Å². The fourth-order valence-electron chi connectivity index (χ4n) is 8.80. The lowest BCUT2D eigenvalue weighted by atomic mass is 9.77. The quantitative estimate of drug-likeness (QED) is 0.214. The van der Waals surface area contributed by atoms with Gasteiger partial charge in [0.25, 0.3) is 5.92 Å². The van der Waals surface area contributed by atoms with E-state index >= 15 is 8.78 Å². The molecule has 20 heteroatoms. The minimum Gasteiger partial charge on any atom is -0.444 e. The number of piperazine rings is 2. The second-order valence-corrected chi connectivity index (χ2v) is 22.0. The highest BCUT2D eigenvalue weighted by atomic mass is 35.5. The molecular formula is C44H64ClF2N8O8S+. The monoisotopic (exact) mass is 937 g/mol. The Morgan fingerprint density at radius 1 is 0.875 bits per heavy atom. The van der Waals surface area contributed by atoms with Crippen LogP contribution in [0.25, 0.3) is 0 Å². The number of likely N-dealkylation sites (N-methyl/N-ethyl adjacent to an activating group) is 1. The maximum atomic E-state index is 16.3. The Morgan fingerprint density at radius 2 is 1.47 bits per heavy atom. The molecule has 16 nitrogen and oxygen atoms in total. The van der Waals surface area contributed by atoms with E-state index in [1.165, 1.54) is 33.5 Å². The van der Waals surface area contributed by atoms with Crippen molar-refractivity contribution >= 4 is 57.1 Å². The summed E-state index contributed by atoms with van der Waals surface area (Å²) in [5.41, 5.74) is -1.03. The molecule has 2 N–H and O–H groups in total. The zero-order chi connectivity index (χ0) is 46.8. The predicted octanol–water partition coefficient (Wildman–Crippen LogP) is 5.59. The molecule has 1 aromatic carbocycles. The van der Waals surface area contributed by atoms with Gasteiger partial charge in [-0.1, -0.05) is 11.6 Å². The second-order valence-electron chi connectivity index (χ2n) is 19.7. The predicted molar refractivity (Wildman–Crippen MR) is 238 cm³/mol. The van der Waals surface area contributed by atoms with Crippen molar-refractivity contribution in [3.8, 4) is 0 Å². The van der Waals surface area contributed by atoms with Gasteiger partial charge in [0.2, 0.25) is 21.8 Å². The van der Waals surface area contributed by atoms with E-state index in [9.17, 15) is 27.6 Å². The van der Waals surface area contributed by atoms with Gasteiger partial charge in [-0.15, -0.1) is 0 Å². The van der Waals surface area contributed by atoms with Crippen LogP contribution in [0, 0.1) is 11.8 Å². The highest BCUT2D eigenvalue weighted by Gasteiger charge is 2.46. The van der Waals surface area contributed by atoms with E-state index in [4.69, 9.17) is 21.1 Å². The number of nitrogens with zero attached hydrogens (tertiary/aromatic N) is 6. The number of halogens is 3. The Morgan fingerprint density at radius 3 is 2.06 bits per heavy atom. The molecule has 4 amide bonds. The van der Waals surface area contributed by atoms with Crippen molar-refractivity contribution in [1.82, 2.24) is 24.8 Å². The van der Waals surface area contributed by atoms with E-state index in [2.05, 4.69) is 22.7 Å². The third kappa shape index (κ3) is 12.3. The zero-order valence-electron chi connectivity index (χ0n) is 38.0. The highest BCUT2D eigenvalue weighted by molar-refractivity contribution is 7.89. The minimum absolute atomic E-state index is 0.00936. The summed E-state index contributed by atoms with van der Waals surface area (Å²) in [6, 6.07) is 8.05.